The zero-order valence-electron chi connectivity index (χ0n) is 18.6. The molecule has 0 spiro atoms. The smallest absolute Gasteiger partial charge is 0.140 e. The molecular formula is C27H22Cl2N4O. The Morgan fingerprint density at radius 3 is 2.35 bits per heavy atom. The van der Waals surface area contributed by atoms with Crippen LogP contribution in [0.2, 0.25) is 10.0 Å². The molecule has 0 unspecified atom stereocenters. The van der Waals surface area contributed by atoms with Crippen molar-refractivity contribution >= 4 is 45.6 Å². The number of phenolic OH excluding ortho intramolecular Hbond substituents is 1. The highest BCUT2D eigenvalue weighted by Gasteiger charge is 2.17. The molecule has 3 aromatic carbocycles. The Balaban J connectivity index is 1.81. The topological polar surface area (TPSA) is 62.4 Å². The van der Waals surface area contributed by atoms with Crippen LogP contribution >= 0.6 is 23.2 Å². The third kappa shape index (κ3) is 4.32. The zero-order valence-corrected chi connectivity index (χ0v) is 20.1. The van der Waals surface area contributed by atoms with Gasteiger partial charge in [-0.2, -0.15) is 0 Å². The largest absolute Gasteiger partial charge is 0.506 e. The van der Waals surface area contributed by atoms with Crippen LogP contribution in [0.3, 0.4) is 0 Å². The van der Waals surface area contributed by atoms with E-state index in [1.54, 1.807) is 12.1 Å². The SMILES string of the molecule is CC(C)N=c1cc2n(-c3ccc(Cl)cc3)c3ccccc3nc-2cc1Nc1ccc(Cl)cc1O. The van der Waals surface area contributed by atoms with Crippen LogP contribution in [0.15, 0.2) is 83.9 Å². The second kappa shape index (κ2) is 9.01. The first-order valence-electron chi connectivity index (χ1n) is 10.9. The Labute approximate surface area is 207 Å². The summed E-state index contributed by atoms with van der Waals surface area (Å²) >= 11 is 12.2. The van der Waals surface area contributed by atoms with Gasteiger partial charge in [0, 0.05) is 27.8 Å². The summed E-state index contributed by atoms with van der Waals surface area (Å²) in [7, 11) is 0. The van der Waals surface area contributed by atoms with Crippen molar-refractivity contribution in [2.45, 2.75) is 19.9 Å². The van der Waals surface area contributed by atoms with Crippen molar-refractivity contribution in [1.29, 1.82) is 0 Å². The fourth-order valence-corrected chi connectivity index (χ4v) is 4.24. The molecule has 0 saturated heterocycles. The third-order valence-electron chi connectivity index (χ3n) is 5.41. The van der Waals surface area contributed by atoms with E-state index in [2.05, 4.69) is 9.88 Å². The maximum absolute atomic E-state index is 10.4. The van der Waals surface area contributed by atoms with Gasteiger partial charge in [0.15, 0.2) is 0 Å². The van der Waals surface area contributed by atoms with E-state index in [-0.39, 0.29) is 11.8 Å². The average molecular weight is 489 g/mol. The van der Waals surface area contributed by atoms with Gasteiger partial charge in [-0.3, -0.25) is 4.99 Å². The van der Waals surface area contributed by atoms with Crippen LogP contribution in [0, 0.1) is 0 Å². The standard InChI is InChI=1S/C27H22Cl2N4O/c1-16(2)30-23-15-26-24(14-22(23)32-21-12-9-18(29)13-27(21)34)31-20-5-3-4-6-25(20)33(26)19-10-7-17(28)8-11-19/h3-16,32,34H,1-2H3. The molecule has 5 nitrogen and oxygen atoms in total. The summed E-state index contributed by atoms with van der Waals surface area (Å²) in [5, 5.41) is 15.6. The lowest BCUT2D eigenvalue weighted by molar-refractivity contribution is 0.478. The second-order valence-electron chi connectivity index (χ2n) is 8.28. The number of hydrogen-bond acceptors (Lipinski definition) is 4. The summed E-state index contributed by atoms with van der Waals surface area (Å²) in [6, 6.07) is 24.8. The van der Waals surface area contributed by atoms with Gasteiger partial charge in [-0.15, -0.1) is 0 Å². The van der Waals surface area contributed by atoms with E-state index >= 15 is 0 Å². The second-order valence-corrected chi connectivity index (χ2v) is 9.15. The van der Waals surface area contributed by atoms with E-state index in [1.165, 1.54) is 6.07 Å². The van der Waals surface area contributed by atoms with E-state index < -0.39 is 0 Å². The molecule has 0 amide bonds. The Kier molecular flexibility index (Phi) is 5.90. The van der Waals surface area contributed by atoms with Crippen molar-refractivity contribution in [2.75, 3.05) is 5.32 Å². The number of aromatic nitrogens is 2. The van der Waals surface area contributed by atoms with Gasteiger partial charge in [0.05, 0.1) is 39.2 Å². The Hall–Kier alpha value is -3.54. The van der Waals surface area contributed by atoms with Crippen molar-refractivity contribution in [3.05, 3.63) is 94.3 Å². The zero-order chi connectivity index (χ0) is 23.8. The summed E-state index contributed by atoms with van der Waals surface area (Å²) in [6.45, 7) is 4.05. The molecule has 3 aromatic rings. The lowest BCUT2D eigenvalue weighted by Gasteiger charge is -2.20. The number of hydrogen-bond donors (Lipinski definition) is 2. The predicted octanol–water partition coefficient (Wildman–Crippen LogP) is 7.20. The number of nitrogens with one attached hydrogen (secondary N) is 1. The minimum atomic E-state index is 0.0609. The third-order valence-corrected chi connectivity index (χ3v) is 5.90. The molecule has 0 atom stereocenters. The minimum absolute atomic E-state index is 0.0609. The summed E-state index contributed by atoms with van der Waals surface area (Å²) < 4.78 is 2.16. The summed E-state index contributed by atoms with van der Waals surface area (Å²) in [6.07, 6.45) is 0. The fraction of sp³-hybridized carbons (Fsp3) is 0.111. The number of anilines is 2. The molecule has 2 N–H and O–H groups in total. The quantitative estimate of drug-likeness (QED) is 0.207. The van der Waals surface area contributed by atoms with Crippen LogP contribution < -0.4 is 10.7 Å². The minimum Gasteiger partial charge on any atom is -0.506 e. The Morgan fingerprint density at radius 1 is 0.882 bits per heavy atom. The van der Waals surface area contributed by atoms with Gasteiger partial charge in [-0.1, -0.05) is 35.3 Å². The molecule has 0 radical (unpaired) electrons. The molecule has 0 bridgehead atoms. The van der Waals surface area contributed by atoms with Gasteiger partial charge in [-0.25, -0.2) is 4.98 Å². The van der Waals surface area contributed by atoms with Crippen molar-refractivity contribution in [3.63, 3.8) is 0 Å². The molecule has 7 heteroatoms. The number of nitrogens with zero attached hydrogens (tertiary/aromatic N) is 3. The molecule has 34 heavy (non-hydrogen) atoms. The van der Waals surface area contributed by atoms with Crippen molar-refractivity contribution in [3.8, 4) is 22.8 Å². The van der Waals surface area contributed by atoms with Gasteiger partial charge < -0.3 is 15.0 Å². The maximum atomic E-state index is 10.4. The molecule has 0 fully saturated rings. The Bertz CT molecular complexity index is 1540. The molecule has 1 aliphatic heterocycles. The number of rotatable bonds is 4. The van der Waals surface area contributed by atoms with Gasteiger partial charge in [-0.05, 0) is 74.5 Å². The fourth-order valence-electron chi connectivity index (χ4n) is 3.95. The first kappa shape index (κ1) is 22.3. The van der Waals surface area contributed by atoms with Gasteiger partial charge in [0.25, 0.3) is 0 Å². The summed E-state index contributed by atoms with van der Waals surface area (Å²) in [5.41, 5.74) is 5.78. The van der Waals surface area contributed by atoms with Gasteiger partial charge in [0.1, 0.15) is 5.75 Å². The number of fused-ring (bicyclic) bond motifs is 2. The van der Waals surface area contributed by atoms with E-state index in [4.69, 9.17) is 33.2 Å². The number of halogens is 2. The molecule has 5 rings (SSSR count). The van der Waals surface area contributed by atoms with Crippen molar-refractivity contribution in [1.82, 2.24) is 9.55 Å². The van der Waals surface area contributed by atoms with Crippen molar-refractivity contribution in [2.24, 2.45) is 4.99 Å². The molecule has 0 saturated carbocycles. The molecule has 1 aliphatic carbocycles. The Morgan fingerprint density at radius 2 is 1.62 bits per heavy atom. The number of aromatic hydroxyl groups is 1. The average Bonchev–Trinajstić information content (AvgIpc) is 2.80. The van der Waals surface area contributed by atoms with E-state index in [0.29, 0.717) is 15.7 Å². The number of para-hydroxylation sites is 2. The molecule has 0 aromatic heterocycles. The highest BCUT2D eigenvalue weighted by Crippen LogP contribution is 2.33. The van der Waals surface area contributed by atoms with E-state index in [0.717, 1.165) is 39.2 Å². The maximum Gasteiger partial charge on any atom is 0.140 e. The summed E-state index contributed by atoms with van der Waals surface area (Å²) in [5.74, 6) is 0.0609. The van der Waals surface area contributed by atoms with Crippen LogP contribution in [0.4, 0.5) is 11.4 Å². The predicted molar refractivity (Wildman–Crippen MR) is 140 cm³/mol. The van der Waals surface area contributed by atoms with Crippen LogP contribution in [-0.4, -0.2) is 20.7 Å². The highest BCUT2D eigenvalue weighted by atomic mass is 35.5. The van der Waals surface area contributed by atoms with E-state index in [1.807, 2.05) is 74.5 Å². The highest BCUT2D eigenvalue weighted by molar-refractivity contribution is 6.31. The van der Waals surface area contributed by atoms with Crippen LogP contribution in [-0.2, 0) is 0 Å². The van der Waals surface area contributed by atoms with Gasteiger partial charge in [0.2, 0.25) is 0 Å². The number of benzene rings is 4. The van der Waals surface area contributed by atoms with Crippen LogP contribution in [0.5, 0.6) is 5.75 Å². The molecule has 2 aliphatic rings. The van der Waals surface area contributed by atoms with Crippen molar-refractivity contribution < 1.29 is 5.11 Å². The first-order valence-corrected chi connectivity index (χ1v) is 11.7. The molecule has 170 valence electrons. The molecule has 1 heterocycles. The van der Waals surface area contributed by atoms with Crippen LogP contribution in [0.25, 0.3) is 28.1 Å². The van der Waals surface area contributed by atoms with Crippen LogP contribution in [0.1, 0.15) is 13.8 Å². The van der Waals surface area contributed by atoms with Gasteiger partial charge >= 0.3 is 0 Å². The first-order chi connectivity index (χ1) is 16.4. The monoisotopic (exact) mass is 488 g/mol. The number of phenols is 1. The summed E-state index contributed by atoms with van der Waals surface area (Å²) in [4.78, 5) is 9.78. The lowest BCUT2D eigenvalue weighted by atomic mass is 10.1. The molecular weight excluding hydrogens is 467 g/mol. The lowest BCUT2D eigenvalue weighted by Crippen LogP contribution is -2.16. The van der Waals surface area contributed by atoms with E-state index in [9.17, 15) is 5.11 Å². The normalized spacial score (nSPS) is 12.1.